The first-order valence-electron chi connectivity index (χ1n) is 7.84. The maximum absolute atomic E-state index is 10.8. The molecule has 2 spiro atoms. The van der Waals surface area contributed by atoms with Gasteiger partial charge < -0.3 is 14.7 Å². The Morgan fingerprint density at radius 3 is 1.95 bits per heavy atom. The highest BCUT2D eigenvalue weighted by molar-refractivity contribution is 5.09. The van der Waals surface area contributed by atoms with E-state index in [0.717, 1.165) is 58.5 Å². The number of rotatable bonds is 0. The molecular formula is C15H29NO3. The van der Waals surface area contributed by atoms with Crippen molar-refractivity contribution in [1.29, 1.82) is 0 Å². The van der Waals surface area contributed by atoms with Crippen molar-refractivity contribution in [3.8, 4) is 0 Å². The molecule has 3 aliphatic rings. The third-order valence-corrected chi connectivity index (χ3v) is 5.26. The molecular weight excluding hydrogens is 242 g/mol. The molecule has 3 fully saturated rings. The zero-order valence-electron chi connectivity index (χ0n) is 12.7. The zero-order chi connectivity index (χ0) is 13.9. The van der Waals surface area contributed by atoms with E-state index in [-0.39, 0.29) is 11.1 Å². The molecule has 0 radical (unpaired) electrons. The lowest BCUT2D eigenvalue weighted by atomic mass is 9.79. The first kappa shape index (κ1) is 15.2. The monoisotopic (exact) mass is 271 g/mol. The van der Waals surface area contributed by atoms with Crippen molar-refractivity contribution in [2.24, 2.45) is 5.92 Å². The Morgan fingerprint density at radius 1 is 0.947 bits per heavy atom. The van der Waals surface area contributed by atoms with Gasteiger partial charge >= 0.3 is 0 Å². The Morgan fingerprint density at radius 2 is 1.42 bits per heavy atom. The molecule has 3 saturated heterocycles. The van der Waals surface area contributed by atoms with Crippen LogP contribution in [0.5, 0.6) is 0 Å². The predicted octanol–water partition coefficient (Wildman–Crippen LogP) is 2.84. The van der Waals surface area contributed by atoms with E-state index in [2.05, 4.69) is 6.92 Å². The van der Waals surface area contributed by atoms with Crippen LogP contribution in [0.1, 0.15) is 52.9 Å². The third-order valence-electron chi connectivity index (χ3n) is 5.26. The quantitative estimate of drug-likeness (QED) is 0.735. The lowest BCUT2D eigenvalue weighted by molar-refractivity contribution is -0.247. The number of hydrogen-bond donors (Lipinski definition) is 1. The van der Waals surface area contributed by atoms with Gasteiger partial charge in [-0.2, -0.15) is 5.06 Å². The number of hydroxylamine groups is 2. The Balaban J connectivity index is 0.000000637. The zero-order valence-corrected chi connectivity index (χ0v) is 12.7. The van der Waals surface area contributed by atoms with Gasteiger partial charge in [0.05, 0.1) is 11.1 Å². The summed E-state index contributed by atoms with van der Waals surface area (Å²) >= 11 is 0. The van der Waals surface area contributed by atoms with Crippen LogP contribution in [-0.4, -0.2) is 47.8 Å². The minimum Gasteiger partial charge on any atom is -0.381 e. The van der Waals surface area contributed by atoms with Gasteiger partial charge in [-0.15, -0.1) is 0 Å². The van der Waals surface area contributed by atoms with Gasteiger partial charge in [0.25, 0.3) is 0 Å². The van der Waals surface area contributed by atoms with Crippen molar-refractivity contribution < 1.29 is 14.7 Å². The fourth-order valence-electron chi connectivity index (χ4n) is 4.12. The van der Waals surface area contributed by atoms with Crippen molar-refractivity contribution in [1.82, 2.24) is 5.06 Å². The summed E-state index contributed by atoms with van der Waals surface area (Å²) in [5, 5.41) is 12.5. The molecule has 3 heterocycles. The first-order valence-corrected chi connectivity index (χ1v) is 7.84. The molecule has 4 heteroatoms. The van der Waals surface area contributed by atoms with Crippen LogP contribution >= 0.6 is 0 Å². The molecule has 0 aliphatic carbocycles. The standard InChI is InChI=1S/C13H23NO3.C2H6/c1-11-10-12(2-6-16-7-3-12)14(15)13(11)4-8-17-9-5-13;1-2/h11,15H,2-10H2,1H3;1-2H3. The molecule has 3 aliphatic heterocycles. The van der Waals surface area contributed by atoms with Crippen LogP contribution in [0, 0.1) is 5.92 Å². The maximum atomic E-state index is 10.8. The second-order valence-electron chi connectivity index (χ2n) is 5.97. The van der Waals surface area contributed by atoms with E-state index in [1.54, 1.807) is 5.06 Å². The fourth-order valence-corrected chi connectivity index (χ4v) is 4.12. The SMILES string of the molecule is CC.CC1CC2(CCOCC2)N(O)C12CCOCC2. The Labute approximate surface area is 117 Å². The van der Waals surface area contributed by atoms with Crippen LogP contribution in [0.2, 0.25) is 0 Å². The van der Waals surface area contributed by atoms with Gasteiger partial charge in [-0.3, -0.25) is 0 Å². The van der Waals surface area contributed by atoms with Gasteiger partial charge in [0, 0.05) is 26.4 Å². The van der Waals surface area contributed by atoms with Gasteiger partial charge in [0.15, 0.2) is 0 Å². The topological polar surface area (TPSA) is 41.9 Å². The summed E-state index contributed by atoms with van der Waals surface area (Å²) in [6, 6.07) is 0. The van der Waals surface area contributed by atoms with E-state index in [1.165, 1.54) is 0 Å². The van der Waals surface area contributed by atoms with Gasteiger partial charge in [-0.1, -0.05) is 20.8 Å². The van der Waals surface area contributed by atoms with Crippen molar-refractivity contribution in [3.05, 3.63) is 0 Å². The summed E-state index contributed by atoms with van der Waals surface area (Å²) in [5.41, 5.74) is -0.0510. The number of nitrogens with zero attached hydrogens (tertiary/aromatic N) is 1. The van der Waals surface area contributed by atoms with Gasteiger partial charge in [0.2, 0.25) is 0 Å². The minimum atomic E-state index is -0.0322. The van der Waals surface area contributed by atoms with Crippen molar-refractivity contribution in [3.63, 3.8) is 0 Å². The Kier molecular flexibility index (Phi) is 4.88. The summed E-state index contributed by atoms with van der Waals surface area (Å²) in [5.74, 6) is 0.550. The second kappa shape index (κ2) is 6.08. The fraction of sp³-hybridized carbons (Fsp3) is 1.00. The molecule has 0 saturated carbocycles. The molecule has 1 N–H and O–H groups in total. The first-order chi connectivity index (χ1) is 9.20. The van der Waals surface area contributed by atoms with Gasteiger partial charge in [-0.25, -0.2) is 0 Å². The predicted molar refractivity (Wildman–Crippen MR) is 74.3 cm³/mol. The van der Waals surface area contributed by atoms with Crippen molar-refractivity contribution in [2.75, 3.05) is 26.4 Å². The molecule has 1 atom stereocenters. The maximum Gasteiger partial charge on any atom is 0.0536 e. The molecule has 0 aromatic carbocycles. The smallest absolute Gasteiger partial charge is 0.0536 e. The molecule has 112 valence electrons. The van der Waals surface area contributed by atoms with Crippen LogP contribution in [-0.2, 0) is 9.47 Å². The van der Waals surface area contributed by atoms with E-state index >= 15 is 0 Å². The molecule has 0 aromatic heterocycles. The van der Waals surface area contributed by atoms with Crippen molar-refractivity contribution in [2.45, 2.75) is 64.0 Å². The molecule has 1 unspecified atom stereocenters. The van der Waals surface area contributed by atoms with Crippen LogP contribution in [0.15, 0.2) is 0 Å². The molecule has 0 amide bonds. The summed E-state index contributed by atoms with van der Waals surface area (Å²) in [6.45, 7) is 9.44. The molecule has 4 nitrogen and oxygen atoms in total. The van der Waals surface area contributed by atoms with Crippen LogP contribution in [0.3, 0.4) is 0 Å². The molecule has 3 rings (SSSR count). The molecule has 19 heavy (non-hydrogen) atoms. The van der Waals surface area contributed by atoms with E-state index < -0.39 is 0 Å². The summed E-state index contributed by atoms with van der Waals surface area (Å²) in [4.78, 5) is 0. The van der Waals surface area contributed by atoms with Gasteiger partial charge in [-0.05, 0) is 38.0 Å². The largest absolute Gasteiger partial charge is 0.381 e. The highest BCUT2D eigenvalue weighted by Crippen LogP contribution is 2.52. The van der Waals surface area contributed by atoms with Crippen molar-refractivity contribution >= 4 is 0 Å². The lowest BCUT2D eigenvalue weighted by Gasteiger charge is -2.46. The van der Waals surface area contributed by atoms with E-state index in [0.29, 0.717) is 5.92 Å². The lowest BCUT2D eigenvalue weighted by Crippen LogP contribution is -2.57. The average molecular weight is 271 g/mol. The summed E-state index contributed by atoms with van der Waals surface area (Å²) in [6.07, 6.45) is 4.97. The third kappa shape index (κ3) is 2.44. The van der Waals surface area contributed by atoms with E-state index in [1.807, 2.05) is 13.8 Å². The Bertz CT molecular complexity index is 283. The average Bonchev–Trinajstić information content (AvgIpc) is 2.66. The number of hydrogen-bond acceptors (Lipinski definition) is 4. The number of ether oxygens (including phenoxy) is 2. The van der Waals surface area contributed by atoms with Crippen LogP contribution in [0.4, 0.5) is 0 Å². The van der Waals surface area contributed by atoms with E-state index in [9.17, 15) is 5.21 Å². The summed E-state index contributed by atoms with van der Waals surface area (Å²) < 4.78 is 10.9. The van der Waals surface area contributed by atoms with Crippen LogP contribution in [0.25, 0.3) is 0 Å². The minimum absolute atomic E-state index is 0.0188. The Hall–Kier alpha value is -0.160. The summed E-state index contributed by atoms with van der Waals surface area (Å²) in [7, 11) is 0. The molecule has 0 bridgehead atoms. The van der Waals surface area contributed by atoms with Gasteiger partial charge in [0.1, 0.15) is 0 Å². The highest BCUT2D eigenvalue weighted by atomic mass is 16.5. The highest BCUT2D eigenvalue weighted by Gasteiger charge is 2.59. The van der Waals surface area contributed by atoms with E-state index in [4.69, 9.17) is 9.47 Å². The molecule has 0 aromatic rings. The second-order valence-corrected chi connectivity index (χ2v) is 5.97. The van der Waals surface area contributed by atoms with Crippen LogP contribution < -0.4 is 0 Å². The normalized spacial score (nSPS) is 33.2.